The maximum Gasteiger partial charge on any atom is 0.306 e. The highest BCUT2D eigenvalue weighted by atomic mass is 16.7. The average Bonchev–Trinajstić information content (AvgIpc) is 2.79. The molecule has 0 radical (unpaired) electrons. The van der Waals surface area contributed by atoms with Gasteiger partial charge in [0, 0.05) is 12.3 Å². The van der Waals surface area contributed by atoms with E-state index in [9.17, 15) is 4.79 Å². The highest BCUT2D eigenvalue weighted by molar-refractivity contribution is 5.71. The quantitative estimate of drug-likeness (QED) is 0.679. The summed E-state index contributed by atoms with van der Waals surface area (Å²) in [7, 11) is 0. The highest BCUT2D eigenvalue weighted by Crippen LogP contribution is 2.56. The second-order valence-electron chi connectivity index (χ2n) is 4.59. The Bertz CT molecular complexity index is 269. The molecule has 3 fully saturated rings. The van der Waals surface area contributed by atoms with Crippen molar-refractivity contribution < 1.29 is 19.4 Å². The van der Waals surface area contributed by atoms with Gasteiger partial charge in [-0.1, -0.05) is 0 Å². The normalized spacial score (nSPS) is 43.6. The van der Waals surface area contributed by atoms with Crippen molar-refractivity contribution in [1.82, 2.24) is 0 Å². The summed E-state index contributed by atoms with van der Waals surface area (Å²) >= 11 is 0. The molecule has 2 saturated carbocycles. The monoisotopic (exact) mass is 198 g/mol. The predicted molar refractivity (Wildman–Crippen MR) is 46.6 cm³/mol. The minimum atomic E-state index is -0.648. The first-order valence-electron chi connectivity index (χ1n) is 5.22. The molecule has 1 saturated heterocycles. The molecule has 1 heterocycles. The molecule has 14 heavy (non-hydrogen) atoms. The molecule has 3 atom stereocenters. The van der Waals surface area contributed by atoms with Crippen molar-refractivity contribution in [3.8, 4) is 0 Å². The number of hydrogen-bond acceptors (Lipinski definition) is 3. The maximum atomic E-state index is 10.9. The van der Waals surface area contributed by atoms with E-state index < -0.39 is 11.8 Å². The number of carbonyl (C=O) groups is 1. The number of hydrogen-bond donors (Lipinski definition) is 1. The molecule has 3 aliphatic rings. The molecule has 1 aliphatic heterocycles. The molecule has 0 amide bonds. The lowest BCUT2D eigenvalue weighted by molar-refractivity contribution is -0.197. The lowest BCUT2D eigenvalue weighted by Gasteiger charge is -2.33. The van der Waals surface area contributed by atoms with Crippen molar-refractivity contribution in [3.63, 3.8) is 0 Å². The summed E-state index contributed by atoms with van der Waals surface area (Å²) in [6.45, 7) is 1.34. The molecule has 2 bridgehead atoms. The summed E-state index contributed by atoms with van der Waals surface area (Å²) in [5, 5.41) is 8.98. The molecule has 0 aromatic rings. The Labute approximate surface area is 82.2 Å². The van der Waals surface area contributed by atoms with Gasteiger partial charge in [-0.2, -0.15) is 0 Å². The molecule has 3 rings (SSSR count). The molecule has 1 spiro atoms. The molecule has 0 aromatic carbocycles. The van der Waals surface area contributed by atoms with Gasteiger partial charge in [0.05, 0.1) is 19.1 Å². The summed E-state index contributed by atoms with van der Waals surface area (Å²) < 4.78 is 11.3. The summed E-state index contributed by atoms with van der Waals surface area (Å²) in [4.78, 5) is 10.9. The van der Waals surface area contributed by atoms with Crippen LogP contribution in [0.25, 0.3) is 0 Å². The zero-order chi connectivity index (χ0) is 9.76. The Balaban J connectivity index is 1.79. The summed E-state index contributed by atoms with van der Waals surface area (Å²) in [5.74, 6) is -0.605. The minimum absolute atomic E-state index is 0.154. The van der Waals surface area contributed by atoms with Crippen LogP contribution in [0.15, 0.2) is 0 Å². The fraction of sp³-hybridized carbons (Fsp3) is 0.900. The molecule has 1 N–H and O–H groups in total. The van der Waals surface area contributed by atoms with Gasteiger partial charge in [0.15, 0.2) is 5.79 Å². The van der Waals surface area contributed by atoms with Gasteiger partial charge in [-0.05, 0) is 18.8 Å². The molecule has 4 nitrogen and oxygen atoms in total. The van der Waals surface area contributed by atoms with Gasteiger partial charge in [0.25, 0.3) is 0 Å². The zero-order valence-electron chi connectivity index (χ0n) is 7.94. The van der Waals surface area contributed by atoms with Crippen LogP contribution in [0.5, 0.6) is 0 Å². The Hall–Kier alpha value is -0.610. The molecular weight excluding hydrogens is 184 g/mol. The van der Waals surface area contributed by atoms with E-state index in [1.165, 1.54) is 0 Å². The number of carboxylic acids is 1. The number of rotatable bonds is 1. The minimum Gasteiger partial charge on any atom is -0.481 e. The van der Waals surface area contributed by atoms with Crippen LogP contribution in [0.3, 0.4) is 0 Å². The summed E-state index contributed by atoms with van der Waals surface area (Å²) in [5.41, 5.74) is 0. The van der Waals surface area contributed by atoms with E-state index >= 15 is 0 Å². The average molecular weight is 198 g/mol. The van der Waals surface area contributed by atoms with Crippen LogP contribution >= 0.6 is 0 Å². The van der Waals surface area contributed by atoms with Gasteiger partial charge in [0.1, 0.15) is 0 Å². The van der Waals surface area contributed by atoms with Crippen LogP contribution in [0.1, 0.15) is 19.3 Å². The second kappa shape index (κ2) is 2.70. The number of carboxylic acid groups (broad SMARTS) is 1. The van der Waals surface area contributed by atoms with E-state index in [0.29, 0.717) is 19.1 Å². The maximum absolute atomic E-state index is 10.9. The van der Waals surface area contributed by atoms with Gasteiger partial charge in [-0.3, -0.25) is 4.79 Å². The van der Waals surface area contributed by atoms with Gasteiger partial charge < -0.3 is 14.6 Å². The first-order valence-corrected chi connectivity index (χ1v) is 5.22. The van der Waals surface area contributed by atoms with Gasteiger partial charge in [-0.15, -0.1) is 0 Å². The molecule has 0 aromatic heterocycles. The van der Waals surface area contributed by atoms with Crippen LogP contribution in [-0.2, 0) is 14.3 Å². The van der Waals surface area contributed by atoms with E-state index in [2.05, 4.69) is 0 Å². The third-order valence-electron chi connectivity index (χ3n) is 3.96. The molecule has 1 unspecified atom stereocenters. The van der Waals surface area contributed by atoms with Crippen molar-refractivity contribution in [2.75, 3.05) is 13.2 Å². The highest BCUT2D eigenvalue weighted by Gasteiger charge is 2.60. The van der Waals surface area contributed by atoms with Crippen LogP contribution in [0.2, 0.25) is 0 Å². The van der Waals surface area contributed by atoms with Crippen LogP contribution < -0.4 is 0 Å². The zero-order valence-corrected chi connectivity index (χ0v) is 7.94. The summed E-state index contributed by atoms with van der Waals surface area (Å²) in [6, 6.07) is 0. The first kappa shape index (κ1) is 8.68. The van der Waals surface area contributed by atoms with E-state index in [-0.39, 0.29) is 11.8 Å². The molecule has 2 aliphatic carbocycles. The van der Waals surface area contributed by atoms with Crippen molar-refractivity contribution in [2.24, 2.45) is 17.8 Å². The lowest BCUT2D eigenvalue weighted by atomic mass is 9.85. The van der Waals surface area contributed by atoms with Gasteiger partial charge in [0.2, 0.25) is 0 Å². The standard InChI is InChI=1S/C10H14O4/c11-9(12)8-4-7-3-6(8)5-10(7)13-1-2-14-10/h6-8H,1-5H2,(H,11,12)/t6-,7-,8?/m0/s1. The van der Waals surface area contributed by atoms with E-state index in [1.54, 1.807) is 0 Å². The third kappa shape index (κ3) is 0.982. The van der Waals surface area contributed by atoms with Crippen molar-refractivity contribution in [3.05, 3.63) is 0 Å². The van der Waals surface area contributed by atoms with Crippen molar-refractivity contribution in [1.29, 1.82) is 0 Å². The third-order valence-corrected chi connectivity index (χ3v) is 3.96. The summed E-state index contributed by atoms with van der Waals surface area (Å²) in [6.07, 6.45) is 2.49. The number of fused-ring (bicyclic) bond motifs is 3. The molecule has 4 heteroatoms. The van der Waals surface area contributed by atoms with Crippen LogP contribution in [0, 0.1) is 17.8 Å². The van der Waals surface area contributed by atoms with E-state index in [1.807, 2.05) is 0 Å². The van der Waals surface area contributed by atoms with Crippen LogP contribution in [0.4, 0.5) is 0 Å². The lowest BCUT2D eigenvalue weighted by Crippen LogP contribution is -2.39. The van der Waals surface area contributed by atoms with E-state index in [0.717, 1.165) is 19.3 Å². The number of ether oxygens (including phenoxy) is 2. The van der Waals surface area contributed by atoms with Gasteiger partial charge in [-0.25, -0.2) is 0 Å². The Kier molecular flexibility index (Phi) is 1.67. The SMILES string of the molecule is O=C(O)C1C[C@@H]2C[C@H]1CC21OCCO1. The Morgan fingerprint density at radius 1 is 1.29 bits per heavy atom. The van der Waals surface area contributed by atoms with E-state index in [4.69, 9.17) is 14.6 Å². The van der Waals surface area contributed by atoms with Crippen molar-refractivity contribution in [2.45, 2.75) is 25.0 Å². The first-order chi connectivity index (χ1) is 6.71. The van der Waals surface area contributed by atoms with Crippen molar-refractivity contribution >= 4 is 5.97 Å². The second-order valence-corrected chi connectivity index (χ2v) is 4.59. The molecule has 78 valence electrons. The Morgan fingerprint density at radius 3 is 2.50 bits per heavy atom. The van der Waals surface area contributed by atoms with Gasteiger partial charge >= 0.3 is 5.97 Å². The topological polar surface area (TPSA) is 55.8 Å². The fourth-order valence-corrected chi connectivity index (χ4v) is 3.37. The Morgan fingerprint density at radius 2 is 2.00 bits per heavy atom. The number of aliphatic carboxylic acids is 1. The predicted octanol–water partition coefficient (Wildman–Crippen LogP) is 0.860. The largest absolute Gasteiger partial charge is 0.481 e. The fourth-order valence-electron chi connectivity index (χ4n) is 3.37. The smallest absolute Gasteiger partial charge is 0.306 e. The van der Waals surface area contributed by atoms with Crippen LogP contribution in [-0.4, -0.2) is 30.1 Å². The molecular formula is C10H14O4.